The molecule has 0 aliphatic heterocycles. The van der Waals surface area contributed by atoms with Gasteiger partial charge < -0.3 is 20.5 Å². The van der Waals surface area contributed by atoms with Gasteiger partial charge in [-0.2, -0.15) is 0 Å². The lowest BCUT2D eigenvalue weighted by Gasteiger charge is -2.42. The zero-order chi connectivity index (χ0) is 20.2. The number of hydrogen-bond donors (Lipinski definition) is 3. The first kappa shape index (κ1) is 21.0. The van der Waals surface area contributed by atoms with E-state index in [2.05, 4.69) is 10.6 Å². The molecule has 0 aromatic heterocycles. The Labute approximate surface area is 158 Å². The van der Waals surface area contributed by atoms with Crippen LogP contribution in [0.3, 0.4) is 0 Å². The molecule has 150 valence electrons. The average Bonchev–Trinajstić information content (AvgIpc) is 2.49. The van der Waals surface area contributed by atoms with Gasteiger partial charge in [-0.05, 0) is 52.3 Å². The Kier molecular flexibility index (Phi) is 6.64. The second-order valence-corrected chi connectivity index (χ2v) is 7.73. The number of likely N-dealkylation sites (N-methyl/N-ethyl adjacent to an activating group) is 1. The van der Waals surface area contributed by atoms with Crippen molar-refractivity contribution in [1.29, 1.82) is 0 Å². The molecule has 1 aliphatic carbocycles. The molecule has 0 unspecified atom stereocenters. The Morgan fingerprint density at radius 2 is 2.00 bits per heavy atom. The minimum absolute atomic E-state index is 0.00314. The standard InChI is InChI=1S/C19H28FN3O4/c1-5-23(11-17(24)25)14-9-13(10-14)21-18(26)22-15-7-6-12(20)8-16(15)27-19(2,3)4/h6-8,13-14H,5,9-11H2,1-4H3,(H,24,25)(H2,21,22,26). The number of rotatable bonds is 7. The molecular formula is C19H28FN3O4. The van der Waals surface area contributed by atoms with Crippen LogP contribution < -0.4 is 15.4 Å². The number of nitrogens with zero attached hydrogens (tertiary/aromatic N) is 1. The van der Waals surface area contributed by atoms with Gasteiger partial charge in [-0.15, -0.1) is 0 Å². The van der Waals surface area contributed by atoms with Gasteiger partial charge in [0.15, 0.2) is 0 Å². The smallest absolute Gasteiger partial charge is 0.319 e. The van der Waals surface area contributed by atoms with Gasteiger partial charge in [-0.25, -0.2) is 9.18 Å². The Hall–Kier alpha value is -2.35. The number of carbonyl (C=O) groups is 2. The van der Waals surface area contributed by atoms with Crippen LogP contribution in [-0.2, 0) is 4.79 Å². The third-order valence-electron chi connectivity index (χ3n) is 4.32. The molecule has 27 heavy (non-hydrogen) atoms. The maximum Gasteiger partial charge on any atom is 0.319 e. The highest BCUT2D eigenvalue weighted by atomic mass is 19.1. The van der Waals surface area contributed by atoms with Crippen molar-refractivity contribution in [3.8, 4) is 5.75 Å². The minimum atomic E-state index is -0.853. The maximum absolute atomic E-state index is 13.5. The number of carbonyl (C=O) groups excluding carboxylic acids is 1. The van der Waals surface area contributed by atoms with Crippen LogP contribution in [0.2, 0.25) is 0 Å². The van der Waals surface area contributed by atoms with E-state index in [1.165, 1.54) is 18.2 Å². The van der Waals surface area contributed by atoms with Gasteiger partial charge in [0.1, 0.15) is 17.2 Å². The second-order valence-electron chi connectivity index (χ2n) is 7.73. The monoisotopic (exact) mass is 381 g/mol. The van der Waals surface area contributed by atoms with E-state index >= 15 is 0 Å². The fraction of sp³-hybridized carbons (Fsp3) is 0.579. The molecule has 0 heterocycles. The molecular weight excluding hydrogens is 353 g/mol. The van der Waals surface area contributed by atoms with Gasteiger partial charge in [-0.1, -0.05) is 6.92 Å². The van der Waals surface area contributed by atoms with Crippen molar-refractivity contribution in [1.82, 2.24) is 10.2 Å². The van der Waals surface area contributed by atoms with Gasteiger partial charge in [0.05, 0.1) is 12.2 Å². The first-order valence-electron chi connectivity index (χ1n) is 9.09. The van der Waals surface area contributed by atoms with Crippen LogP contribution in [0, 0.1) is 5.82 Å². The Bertz CT molecular complexity index is 684. The second kappa shape index (κ2) is 8.56. The molecule has 0 bridgehead atoms. The first-order valence-corrected chi connectivity index (χ1v) is 9.09. The molecule has 8 heteroatoms. The maximum atomic E-state index is 13.5. The number of anilines is 1. The number of nitrogens with one attached hydrogen (secondary N) is 2. The molecule has 0 spiro atoms. The lowest BCUT2D eigenvalue weighted by molar-refractivity contribution is -0.139. The van der Waals surface area contributed by atoms with Crippen LogP contribution in [0.5, 0.6) is 5.75 Å². The van der Waals surface area contributed by atoms with E-state index in [1.54, 1.807) is 0 Å². The van der Waals surface area contributed by atoms with Crippen LogP contribution in [0.1, 0.15) is 40.5 Å². The summed E-state index contributed by atoms with van der Waals surface area (Å²) in [6.45, 7) is 8.09. The fourth-order valence-corrected chi connectivity index (χ4v) is 3.03. The molecule has 0 saturated heterocycles. The molecule has 1 aliphatic rings. The summed E-state index contributed by atoms with van der Waals surface area (Å²) in [6.07, 6.45) is 1.40. The highest BCUT2D eigenvalue weighted by Crippen LogP contribution is 2.30. The number of carboxylic acid groups (broad SMARTS) is 1. The van der Waals surface area contributed by atoms with Crippen molar-refractivity contribution in [3.63, 3.8) is 0 Å². The Morgan fingerprint density at radius 1 is 1.33 bits per heavy atom. The van der Waals surface area contributed by atoms with E-state index in [0.29, 0.717) is 25.1 Å². The molecule has 1 aromatic rings. The molecule has 0 radical (unpaired) electrons. The highest BCUT2D eigenvalue weighted by Gasteiger charge is 2.34. The molecule has 1 fully saturated rings. The van der Waals surface area contributed by atoms with E-state index in [9.17, 15) is 14.0 Å². The van der Waals surface area contributed by atoms with E-state index < -0.39 is 23.4 Å². The van der Waals surface area contributed by atoms with Gasteiger partial charge in [0.2, 0.25) is 0 Å². The minimum Gasteiger partial charge on any atom is -0.486 e. The molecule has 1 saturated carbocycles. The molecule has 3 N–H and O–H groups in total. The quantitative estimate of drug-likeness (QED) is 0.675. The summed E-state index contributed by atoms with van der Waals surface area (Å²) >= 11 is 0. The lowest BCUT2D eigenvalue weighted by Crippen LogP contribution is -2.55. The largest absolute Gasteiger partial charge is 0.486 e. The zero-order valence-corrected chi connectivity index (χ0v) is 16.2. The molecule has 2 rings (SSSR count). The van der Waals surface area contributed by atoms with Crippen LogP contribution >= 0.6 is 0 Å². The lowest BCUT2D eigenvalue weighted by atomic mass is 9.85. The molecule has 1 aromatic carbocycles. The summed E-state index contributed by atoms with van der Waals surface area (Å²) in [5, 5.41) is 14.5. The summed E-state index contributed by atoms with van der Waals surface area (Å²) in [6, 6.07) is 3.70. The SMILES string of the molecule is CCN(CC(=O)O)C1CC(NC(=O)Nc2ccc(F)cc2OC(C)(C)C)C1. The van der Waals surface area contributed by atoms with Crippen LogP contribution in [0.15, 0.2) is 18.2 Å². The molecule has 2 amide bonds. The predicted octanol–water partition coefficient (Wildman–Crippen LogP) is 3.06. The number of urea groups is 1. The summed E-state index contributed by atoms with van der Waals surface area (Å²) in [7, 11) is 0. The van der Waals surface area contributed by atoms with Crippen molar-refractivity contribution in [2.24, 2.45) is 0 Å². The van der Waals surface area contributed by atoms with Crippen LogP contribution in [-0.4, -0.2) is 52.8 Å². The van der Waals surface area contributed by atoms with Gasteiger partial charge in [0.25, 0.3) is 0 Å². The summed E-state index contributed by atoms with van der Waals surface area (Å²) in [5.74, 6) is -1.03. The van der Waals surface area contributed by atoms with Gasteiger partial charge >= 0.3 is 12.0 Å². The highest BCUT2D eigenvalue weighted by molar-refractivity contribution is 5.91. The van der Waals surface area contributed by atoms with Crippen LogP contribution in [0.25, 0.3) is 0 Å². The number of aliphatic carboxylic acids is 1. The summed E-state index contributed by atoms with van der Waals surface area (Å²) < 4.78 is 19.2. The van der Waals surface area contributed by atoms with Crippen molar-refractivity contribution in [3.05, 3.63) is 24.0 Å². The van der Waals surface area contributed by atoms with Crippen molar-refractivity contribution in [2.45, 2.75) is 58.2 Å². The normalized spacial score (nSPS) is 19.3. The van der Waals surface area contributed by atoms with Crippen LogP contribution in [0.4, 0.5) is 14.9 Å². The van der Waals surface area contributed by atoms with E-state index in [0.717, 1.165) is 0 Å². The number of benzene rings is 1. The van der Waals surface area contributed by atoms with Gasteiger partial charge in [-0.3, -0.25) is 9.69 Å². The number of halogens is 1. The van der Waals surface area contributed by atoms with E-state index in [1.807, 2.05) is 32.6 Å². The van der Waals surface area contributed by atoms with E-state index in [4.69, 9.17) is 9.84 Å². The average molecular weight is 381 g/mol. The predicted molar refractivity (Wildman–Crippen MR) is 101 cm³/mol. The summed E-state index contributed by atoms with van der Waals surface area (Å²) in [5.41, 5.74) is -0.143. The van der Waals surface area contributed by atoms with Crippen molar-refractivity contribution >= 4 is 17.7 Å². The summed E-state index contributed by atoms with van der Waals surface area (Å²) in [4.78, 5) is 25.0. The third-order valence-corrected chi connectivity index (χ3v) is 4.32. The number of hydrogen-bond acceptors (Lipinski definition) is 4. The Balaban J connectivity index is 1.89. The third kappa shape index (κ3) is 6.39. The van der Waals surface area contributed by atoms with Crippen molar-refractivity contribution < 1.29 is 23.8 Å². The van der Waals surface area contributed by atoms with E-state index in [-0.39, 0.29) is 24.4 Å². The first-order chi connectivity index (χ1) is 12.6. The zero-order valence-electron chi connectivity index (χ0n) is 16.2. The number of amides is 2. The fourth-order valence-electron chi connectivity index (χ4n) is 3.03. The molecule has 0 atom stereocenters. The van der Waals surface area contributed by atoms with Crippen molar-refractivity contribution in [2.75, 3.05) is 18.4 Å². The Morgan fingerprint density at radius 3 is 2.56 bits per heavy atom. The van der Waals surface area contributed by atoms with Gasteiger partial charge in [0, 0.05) is 18.2 Å². The molecule has 7 nitrogen and oxygen atoms in total. The number of carboxylic acids is 1. The number of ether oxygens (including phenoxy) is 1. The topological polar surface area (TPSA) is 90.9 Å².